The van der Waals surface area contributed by atoms with Gasteiger partial charge >= 0.3 is 0 Å². The maximum Gasteiger partial charge on any atom is 0.252 e. The van der Waals surface area contributed by atoms with Gasteiger partial charge in [-0.1, -0.05) is 0 Å². The van der Waals surface area contributed by atoms with Crippen molar-refractivity contribution in [3.8, 4) is 28.9 Å². The van der Waals surface area contributed by atoms with Crippen molar-refractivity contribution in [3.05, 3.63) is 36.5 Å². The number of fused-ring (bicyclic) bond motifs is 2. The minimum Gasteiger partial charge on any atom is -0.507 e. The summed E-state index contributed by atoms with van der Waals surface area (Å²) in [5.41, 5.74) is 0.962. The first kappa shape index (κ1) is 20.0. The number of phenolic OH excluding ortho intramolecular Hbond substituents is 1. The lowest BCUT2D eigenvalue weighted by atomic mass is 9.96. The van der Waals surface area contributed by atoms with Gasteiger partial charge in [0.05, 0.1) is 23.5 Å². The summed E-state index contributed by atoms with van der Waals surface area (Å²) in [7, 11) is 0. The highest BCUT2D eigenvalue weighted by Gasteiger charge is 2.48. The first-order chi connectivity index (χ1) is 16.1. The van der Waals surface area contributed by atoms with E-state index in [0.717, 1.165) is 32.1 Å². The van der Waals surface area contributed by atoms with Crippen LogP contribution < -0.4 is 10.2 Å². The van der Waals surface area contributed by atoms with Crippen molar-refractivity contribution >= 4 is 5.82 Å². The second-order valence-corrected chi connectivity index (χ2v) is 8.90. The number of anilines is 1. The first-order valence-corrected chi connectivity index (χ1v) is 11.1. The fourth-order valence-electron chi connectivity index (χ4n) is 5.03. The Bertz CT molecular complexity index is 1220. The molecule has 1 aromatic carbocycles. The normalized spacial score (nSPS) is 26.2. The van der Waals surface area contributed by atoms with Crippen LogP contribution in [-0.4, -0.2) is 65.4 Å². The molecule has 2 N–H and O–H groups in total. The second kappa shape index (κ2) is 7.74. The molecule has 2 aliphatic heterocycles. The molecule has 1 aliphatic carbocycles. The zero-order valence-corrected chi connectivity index (χ0v) is 17.7. The molecule has 2 bridgehead atoms. The minimum absolute atomic E-state index is 0.0409. The van der Waals surface area contributed by atoms with Gasteiger partial charge in [-0.05, 0) is 44.2 Å². The van der Waals surface area contributed by atoms with E-state index in [4.69, 9.17) is 5.26 Å². The summed E-state index contributed by atoms with van der Waals surface area (Å²) in [5, 5.41) is 35.5. The van der Waals surface area contributed by atoms with E-state index in [2.05, 4.69) is 35.5 Å². The number of hydrogen-bond donors (Lipinski definition) is 2. The van der Waals surface area contributed by atoms with Crippen molar-refractivity contribution in [3.63, 3.8) is 0 Å². The maximum absolute atomic E-state index is 15.2. The molecule has 4 atom stereocenters. The van der Waals surface area contributed by atoms with Crippen molar-refractivity contribution in [2.24, 2.45) is 0 Å². The molecule has 0 unspecified atom stereocenters. The number of aromatic nitrogens is 6. The molecule has 0 radical (unpaired) electrons. The quantitative estimate of drug-likeness (QED) is 0.602. The summed E-state index contributed by atoms with van der Waals surface area (Å²) in [6, 6.07) is 7.08. The molecular weight excluding hydrogens is 425 g/mol. The Morgan fingerprint density at radius 2 is 2.06 bits per heavy atom. The van der Waals surface area contributed by atoms with Crippen LogP contribution in [0.3, 0.4) is 0 Å². The molecule has 10 nitrogen and oxygen atoms in total. The Kier molecular flexibility index (Phi) is 4.69. The Morgan fingerprint density at radius 1 is 1.18 bits per heavy atom. The van der Waals surface area contributed by atoms with Crippen molar-refractivity contribution < 1.29 is 9.50 Å². The van der Waals surface area contributed by atoms with Gasteiger partial charge in [0.2, 0.25) is 0 Å². The van der Waals surface area contributed by atoms with Crippen LogP contribution in [-0.2, 0) is 0 Å². The number of rotatable bonds is 5. The third kappa shape index (κ3) is 3.56. The van der Waals surface area contributed by atoms with E-state index in [9.17, 15) is 5.11 Å². The minimum atomic E-state index is -0.944. The molecule has 2 saturated heterocycles. The predicted octanol–water partition coefficient (Wildman–Crippen LogP) is 1.90. The van der Waals surface area contributed by atoms with E-state index in [1.807, 2.05) is 6.07 Å². The Balaban J connectivity index is 1.26. The molecule has 33 heavy (non-hydrogen) atoms. The van der Waals surface area contributed by atoms with E-state index in [0.29, 0.717) is 23.1 Å². The number of benzene rings is 1. The number of halogens is 1. The fourth-order valence-corrected chi connectivity index (χ4v) is 5.03. The topological polar surface area (TPSA) is 129 Å². The lowest BCUT2D eigenvalue weighted by Crippen LogP contribution is -2.57. The average Bonchev–Trinajstić information content (AvgIpc) is 3.39. The molecule has 0 amide bonds. The van der Waals surface area contributed by atoms with Crippen LogP contribution in [0.1, 0.15) is 37.9 Å². The van der Waals surface area contributed by atoms with Gasteiger partial charge in [0.1, 0.15) is 24.3 Å². The number of nitriles is 1. The van der Waals surface area contributed by atoms with E-state index in [1.165, 1.54) is 17.1 Å². The van der Waals surface area contributed by atoms with Crippen LogP contribution >= 0.6 is 0 Å². The highest BCUT2D eigenvalue weighted by atomic mass is 19.1. The molecule has 2 aromatic heterocycles. The molecule has 1 saturated carbocycles. The second-order valence-electron chi connectivity index (χ2n) is 8.90. The zero-order chi connectivity index (χ0) is 22.5. The maximum atomic E-state index is 15.2. The number of aromatic hydroxyl groups is 1. The largest absolute Gasteiger partial charge is 0.507 e. The van der Waals surface area contributed by atoms with E-state index >= 15 is 4.39 Å². The van der Waals surface area contributed by atoms with E-state index in [-0.39, 0.29) is 35.5 Å². The number of phenols is 1. The van der Waals surface area contributed by atoms with Crippen LogP contribution in [0.15, 0.2) is 30.7 Å². The molecule has 11 heteroatoms. The van der Waals surface area contributed by atoms with Gasteiger partial charge in [-0.2, -0.15) is 5.26 Å². The van der Waals surface area contributed by atoms with Crippen LogP contribution in [0.2, 0.25) is 0 Å². The zero-order valence-electron chi connectivity index (χ0n) is 17.7. The fraction of sp³-hybridized carbons (Fsp3) is 0.455. The summed E-state index contributed by atoms with van der Waals surface area (Å²) in [5.74, 6) is 0.850. The molecule has 3 aliphatic rings. The van der Waals surface area contributed by atoms with Gasteiger partial charge in [0.15, 0.2) is 11.6 Å². The van der Waals surface area contributed by atoms with Gasteiger partial charge in [0, 0.05) is 24.2 Å². The molecule has 6 rings (SSSR count). The van der Waals surface area contributed by atoms with Crippen molar-refractivity contribution in [1.29, 1.82) is 5.26 Å². The Hall–Kier alpha value is -3.65. The third-order valence-electron chi connectivity index (χ3n) is 6.74. The number of nitrogens with zero attached hydrogens (tertiary/aromatic N) is 8. The lowest BCUT2D eigenvalue weighted by Gasteiger charge is -2.40. The van der Waals surface area contributed by atoms with Crippen molar-refractivity contribution in [2.75, 3.05) is 4.90 Å². The summed E-state index contributed by atoms with van der Waals surface area (Å²) in [6.07, 6.45) is 6.78. The van der Waals surface area contributed by atoms with Gasteiger partial charge < -0.3 is 15.3 Å². The Morgan fingerprint density at radius 3 is 2.76 bits per heavy atom. The van der Waals surface area contributed by atoms with Gasteiger partial charge in [-0.25, -0.2) is 19.0 Å². The standard InChI is InChI=1S/C22H22FN9O/c23-21-16-6-1-12(27-16)7-17(21)32(13-2-3-13)20-10-25-22(29-28-20)15-5-4-14(8-18(15)33)31-11-26-19(9-24)30-31/h4-5,8,10-13,16-17,21,27,33H,1-3,6-7H2/t12-,16+,17-,21+/m0/s1. The number of nitrogens with one attached hydrogen (secondary N) is 1. The van der Waals surface area contributed by atoms with Gasteiger partial charge in [-0.3, -0.25) is 0 Å². The van der Waals surface area contributed by atoms with E-state index < -0.39 is 6.17 Å². The van der Waals surface area contributed by atoms with Crippen LogP contribution in [0.4, 0.5) is 10.2 Å². The number of alkyl halides is 1. The highest BCUT2D eigenvalue weighted by molar-refractivity contribution is 5.66. The number of piperidine rings is 1. The van der Waals surface area contributed by atoms with Gasteiger partial charge in [0.25, 0.3) is 5.82 Å². The van der Waals surface area contributed by atoms with Crippen molar-refractivity contribution in [1.82, 2.24) is 35.3 Å². The molecule has 4 heterocycles. The Labute approximate surface area is 189 Å². The molecular formula is C22H22FN9O. The van der Waals surface area contributed by atoms with Gasteiger partial charge in [-0.15, -0.1) is 15.3 Å². The van der Waals surface area contributed by atoms with Crippen LogP contribution in [0.5, 0.6) is 5.75 Å². The first-order valence-electron chi connectivity index (χ1n) is 11.1. The van der Waals surface area contributed by atoms with Crippen LogP contribution in [0.25, 0.3) is 17.1 Å². The SMILES string of the molecule is N#Cc1ncn(-c2ccc(-c3ncc(N(C4CC4)[C@H]4C[C@@H]5CC[C@@H](N5)[C@H]4F)nn3)c(O)c2)n1. The molecule has 3 fully saturated rings. The van der Waals surface area contributed by atoms with E-state index in [1.54, 1.807) is 18.3 Å². The summed E-state index contributed by atoms with van der Waals surface area (Å²) in [4.78, 5) is 10.4. The summed E-state index contributed by atoms with van der Waals surface area (Å²) in [6.45, 7) is 0. The number of hydrogen-bond acceptors (Lipinski definition) is 9. The smallest absolute Gasteiger partial charge is 0.252 e. The van der Waals surface area contributed by atoms with Crippen molar-refractivity contribution in [2.45, 2.75) is 62.4 Å². The van der Waals surface area contributed by atoms with Crippen LogP contribution in [0, 0.1) is 11.3 Å². The summed E-state index contributed by atoms with van der Waals surface area (Å²) >= 11 is 0. The lowest BCUT2D eigenvalue weighted by molar-refractivity contribution is 0.171. The monoisotopic (exact) mass is 447 g/mol. The highest BCUT2D eigenvalue weighted by Crippen LogP contribution is 2.40. The average molecular weight is 447 g/mol. The third-order valence-corrected chi connectivity index (χ3v) is 6.74. The molecule has 168 valence electrons. The predicted molar refractivity (Wildman–Crippen MR) is 115 cm³/mol. The molecule has 3 aromatic rings. The summed E-state index contributed by atoms with van der Waals surface area (Å²) < 4.78 is 16.6. The molecule has 0 spiro atoms.